The summed E-state index contributed by atoms with van der Waals surface area (Å²) in [5.41, 5.74) is 2.92. The van der Waals surface area contributed by atoms with Crippen molar-refractivity contribution in [1.29, 1.82) is 0 Å². The molecule has 0 aliphatic carbocycles. The van der Waals surface area contributed by atoms with Crippen molar-refractivity contribution in [3.05, 3.63) is 39.8 Å². The van der Waals surface area contributed by atoms with Gasteiger partial charge in [0.25, 0.3) is 5.91 Å². The number of likely N-dealkylation sites (tertiary alicyclic amines) is 1. The molecule has 1 saturated heterocycles. The number of nitrogens with zero attached hydrogens (tertiary/aromatic N) is 3. The fourth-order valence-electron chi connectivity index (χ4n) is 2.68. The van der Waals surface area contributed by atoms with Crippen LogP contribution in [0.2, 0.25) is 0 Å². The first-order valence-corrected chi connectivity index (χ1v) is 7.44. The Morgan fingerprint density at radius 3 is 3.00 bits per heavy atom. The van der Waals surface area contributed by atoms with Gasteiger partial charge in [-0.1, -0.05) is 0 Å². The average Bonchev–Trinajstić information content (AvgIpc) is 3.11. The lowest BCUT2D eigenvalue weighted by Crippen LogP contribution is -2.30. The van der Waals surface area contributed by atoms with Crippen LogP contribution < -0.4 is 0 Å². The number of carbonyl (C=O) groups excluding carboxylic acids is 1. The lowest BCUT2D eigenvalue weighted by atomic mass is 10.1. The molecule has 0 spiro atoms. The molecule has 4 nitrogen and oxygen atoms in total. The summed E-state index contributed by atoms with van der Waals surface area (Å²) in [7, 11) is 1.87. The molecular formula is C14H17N3OS. The van der Waals surface area contributed by atoms with Gasteiger partial charge in [0.05, 0.1) is 17.8 Å². The fourth-order valence-corrected chi connectivity index (χ4v) is 3.39. The minimum Gasteiger partial charge on any atom is -0.331 e. The maximum absolute atomic E-state index is 12.7. The third kappa shape index (κ3) is 2.08. The van der Waals surface area contributed by atoms with Crippen molar-refractivity contribution >= 4 is 17.2 Å². The second kappa shape index (κ2) is 4.81. The van der Waals surface area contributed by atoms with E-state index >= 15 is 0 Å². The molecule has 1 fully saturated rings. The number of hydrogen-bond donors (Lipinski definition) is 0. The normalized spacial score (nSPS) is 19.1. The van der Waals surface area contributed by atoms with E-state index in [-0.39, 0.29) is 11.9 Å². The molecule has 0 N–H and O–H groups in total. The molecular weight excluding hydrogens is 258 g/mol. The summed E-state index contributed by atoms with van der Waals surface area (Å²) >= 11 is 1.69. The highest BCUT2D eigenvalue weighted by Crippen LogP contribution is 2.34. The van der Waals surface area contributed by atoms with E-state index < -0.39 is 0 Å². The smallest absolute Gasteiger partial charge is 0.257 e. The van der Waals surface area contributed by atoms with E-state index in [1.807, 2.05) is 18.9 Å². The molecule has 0 radical (unpaired) electrons. The molecule has 0 bridgehead atoms. The Hall–Kier alpha value is -1.62. The van der Waals surface area contributed by atoms with Crippen LogP contribution in [0, 0.1) is 6.92 Å². The van der Waals surface area contributed by atoms with Gasteiger partial charge >= 0.3 is 0 Å². The molecule has 3 heterocycles. The SMILES string of the molecule is Cc1c(C(=O)N2CCC[C@H]2c2ccsc2)cnn1C. The number of carbonyl (C=O) groups is 1. The summed E-state index contributed by atoms with van der Waals surface area (Å²) in [6.45, 7) is 2.78. The number of amides is 1. The number of aryl methyl sites for hydroxylation is 1. The van der Waals surface area contributed by atoms with Gasteiger partial charge in [-0.15, -0.1) is 0 Å². The summed E-state index contributed by atoms with van der Waals surface area (Å²) < 4.78 is 1.75. The third-order valence-corrected chi connectivity index (χ3v) is 4.61. The molecule has 0 unspecified atom stereocenters. The van der Waals surface area contributed by atoms with E-state index in [1.54, 1.807) is 22.2 Å². The average molecular weight is 275 g/mol. The van der Waals surface area contributed by atoms with Crippen molar-refractivity contribution in [3.63, 3.8) is 0 Å². The largest absolute Gasteiger partial charge is 0.331 e. The van der Waals surface area contributed by atoms with Crippen LogP contribution >= 0.6 is 11.3 Å². The standard InChI is InChI=1S/C14H17N3OS/c1-10-12(8-15-16(10)2)14(18)17-6-3-4-13(17)11-5-7-19-9-11/h5,7-9,13H,3-4,6H2,1-2H3/t13-/m0/s1. The summed E-state index contributed by atoms with van der Waals surface area (Å²) in [6.07, 6.45) is 3.81. The Bertz CT molecular complexity index is 588. The van der Waals surface area contributed by atoms with E-state index in [4.69, 9.17) is 0 Å². The van der Waals surface area contributed by atoms with Crippen molar-refractivity contribution < 1.29 is 4.79 Å². The Kier molecular flexibility index (Phi) is 3.14. The first-order chi connectivity index (χ1) is 9.18. The van der Waals surface area contributed by atoms with Gasteiger partial charge in [-0.3, -0.25) is 9.48 Å². The van der Waals surface area contributed by atoms with Crippen LogP contribution in [0.3, 0.4) is 0 Å². The topological polar surface area (TPSA) is 38.1 Å². The van der Waals surface area contributed by atoms with E-state index in [2.05, 4.69) is 21.9 Å². The fraction of sp³-hybridized carbons (Fsp3) is 0.429. The van der Waals surface area contributed by atoms with Gasteiger partial charge in [0.15, 0.2) is 0 Å². The van der Waals surface area contributed by atoms with Crippen LogP contribution in [0.25, 0.3) is 0 Å². The van der Waals surface area contributed by atoms with E-state index in [9.17, 15) is 4.79 Å². The highest BCUT2D eigenvalue weighted by Gasteiger charge is 2.32. The molecule has 100 valence electrons. The van der Waals surface area contributed by atoms with Gasteiger partial charge in [0.2, 0.25) is 0 Å². The molecule has 1 aliphatic heterocycles. The van der Waals surface area contributed by atoms with E-state index in [1.165, 1.54) is 5.56 Å². The van der Waals surface area contributed by atoms with E-state index in [0.717, 1.165) is 30.6 Å². The van der Waals surface area contributed by atoms with Crippen LogP contribution in [0.1, 0.15) is 40.5 Å². The summed E-state index contributed by atoms with van der Waals surface area (Å²) in [4.78, 5) is 14.7. The van der Waals surface area contributed by atoms with Crippen LogP contribution in [0.15, 0.2) is 23.0 Å². The predicted molar refractivity (Wildman–Crippen MR) is 75.3 cm³/mol. The first kappa shape index (κ1) is 12.4. The van der Waals surface area contributed by atoms with Gasteiger partial charge < -0.3 is 4.90 Å². The Morgan fingerprint density at radius 1 is 1.53 bits per heavy atom. The highest BCUT2D eigenvalue weighted by atomic mass is 32.1. The molecule has 1 aliphatic rings. The van der Waals surface area contributed by atoms with Gasteiger partial charge in [-0.05, 0) is 42.2 Å². The van der Waals surface area contributed by atoms with Crippen molar-refractivity contribution in [1.82, 2.24) is 14.7 Å². The number of thiophene rings is 1. The maximum Gasteiger partial charge on any atom is 0.257 e. The van der Waals surface area contributed by atoms with Crippen LogP contribution in [0.4, 0.5) is 0 Å². The molecule has 19 heavy (non-hydrogen) atoms. The van der Waals surface area contributed by atoms with Gasteiger partial charge in [0.1, 0.15) is 0 Å². The summed E-state index contributed by atoms with van der Waals surface area (Å²) in [6, 6.07) is 2.36. The molecule has 1 atom stereocenters. The number of rotatable bonds is 2. The van der Waals surface area contributed by atoms with Crippen molar-refractivity contribution in [2.75, 3.05) is 6.54 Å². The zero-order valence-corrected chi connectivity index (χ0v) is 12.0. The number of hydrogen-bond acceptors (Lipinski definition) is 3. The van der Waals surface area contributed by atoms with Crippen LogP contribution in [-0.2, 0) is 7.05 Å². The minimum atomic E-state index is 0.110. The lowest BCUT2D eigenvalue weighted by Gasteiger charge is -2.24. The predicted octanol–water partition coefficient (Wildman–Crippen LogP) is 2.77. The Balaban J connectivity index is 1.89. The highest BCUT2D eigenvalue weighted by molar-refractivity contribution is 7.07. The van der Waals surface area contributed by atoms with Gasteiger partial charge in [0, 0.05) is 19.3 Å². The Morgan fingerprint density at radius 2 is 2.37 bits per heavy atom. The molecule has 0 aromatic carbocycles. The minimum absolute atomic E-state index is 0.110. The quantitative estimate of drug-likeness (QED) is 0.845. The molecule has 1 amide bonds. The van der Waals surface area contributed by atoms with Crippen molar-refractivity contribution in [3.8, 4) is 0 Å². The third-order valence-electron chi connectivity index (χ3n) is 3.91. The summed E-state index contributed by atoms with van der Waals surface area (Å²) in [5, 5.41) is 8.39. The molecule has 2 aromatic rings. The molecule has 0 saturated carbocycles. The second-order valence-electron chi connectivity index (χ2n) is 4.98. The zero-order chi connectivity index (χ0) is 13.4. The van der Waals surface area contributed by atoms with Crippen LogP contribution in [-0.4, -0.2) is 27.1 Å². The second-order valence-corrected chi connectivity index (χ2v) is 5.76. The van der Waals surface area contributed by atoms with Crippen molar-refractivity contribution in [2.45, 2.75) is 25.8 Å². The van der Waals surface area contributed by atoms with Crippen molar-refractivity contribution in [2.24, 2.45) is 7.05 Å². The molecule has 2 aromatic heterocycles. The Labute approximate surface area is 116 Å². The van der Waals surface area contributed by atoms with E-state index in [0.29, 0.717) is 0 Å². The number of aromatic nitrogens is 2. The van der Waals surface area contributed by atoms with Crippen LogP contribution in [0.5, 0.6) is 0 Å². The maximum atomic E-state index is 12.7. The first-order valence-electron chi connectivity index (χ1n) is 6.50. The zero-order valence-electron chi connectivity index (χ0n) is 11.2. The van der Waals surface area contributed by atoms with Gasteiger partial charge in [-0.2, -0.15) is 16.4 Å². The lowest BCUT2D eigenvalue weighted by molar-refractivity contribution is 0.0735. The van der Waals surface area contributed by atoms with Gasteiger partial charge in [-0.25, -0.2) is 0 Å². The molecule has 5 heteroatoms. The molecule has 3 rings (SSSR count). The monoisotopic (exact) mass is 275 g/mol. The summed E-state index contributed by atoms with van der Waals surface area (Å²) in [5.74, 6) is 0.110.